The van der Waals surface area contributed by atoms with Crippen LogP contribution in [0.1, 0.15) is 13.8 Å². The molecule has 1 atom stereocenters. The Morgan fingerprint density at radius 2 is 2.00 bits per heavy atom. The van der Waals surface area contributed by atoms with E-state index in [-0.39, 0.29) is 23.7 Å². The molecule has 21 heavy (non-hydrogen) atoms. The minimum Gasteiger partial charge on any atom is -0.481 e. The van der Waals surface area contributed by atoms with Crippen molar-refractivity contribution in [2.45, 2.75) is 24.8 Å². The minimum absolute atomic E-state index is 0.0996. The topological polar surface area (TPSA) is 83.9 Å². The molecule has 1 unspecified atom stereocenters. The van der Waals surface area contributed by atoms with Crippen LogP contribution in [0.3, 0.4) is 0 Å². The summed E-state index contributed by atoms with van der Waals surface area (Å²) in [5, 5.41) is 9.50. The van der Waals surface area contributed by atoms with Crippen molar-refractivity contribution in [3.8, 4) is 17.6 Å². The Labute approximate surface area is 124 Å². The summed E-state index contributed by atoms with van der Waals surface area (Å²) in [6.07, 6.45) is 0.173. The van der Waals surface area contributed by atoms with E-state index in [1.807, 2.05) is 0 Å². The molecule has 1 rings (SSSR count). The molecule has 0 heterocycles. The van der Waals surface area contributed by atoms with E-state index < -0.39 is 15.9 Å². The number of ether oxygens (including phenoxy) is 1. The molecule has 0 fully saturated rings. The maximum Gasteiger partial charge on any atom is 0.233 e. The zero-order valence-corrected chi connectivity index (χ0v) is 12.6. The van der Waals surface area contributed by atoms with Crippen molar-refractivity contribution >= 4 is 16.2 Å². The fourth-order valence-corrected chi connectivity index (χ4v) is 3.06. The molecule has 1 N–H and O–H groups in total. The number of rotatable bonds is 7. The van der Waals surface area contributed by atoms with Gasteiger partial charge in [-0.25, -0.2) is 13.5 Å². The highest BCUT2D eigenvalue weighted by Crippen LogP contribution is 2.18. The van der Waals surface area contributed by atoms with E-state index in [4.69, 9.17) is 9.94 Å². The summed E-state index contributed by atoms with van der Waals surface area (Å²) in [5.41, 5.74) is 0. The Morgan fingerprint density at radius 1 is 1.38 bits per heavy atom. The third-order valence-electron chi connectivity index (χ3n) is 2.69. The van der Waals surface area contributed by atoms with Gasteiger partial charge in [-0.2, -0.15) is 0 Å². The lowest BCUT2D eigenvalue weighted by Crippen LogP contribution is -2.34. The smallest absolute Gasteiger partial charge is 0.233 e. The number of nitrogens with zero attached hydrogens (tertiary/aromatic N) is 1. The number of hydrogen-bond donors (Lipinski definition) is 1. The van der Waals surface area contributed by atoms with Crippen LogP contribution in [0.2, 0.25) is 0 Å². The highest BCUT2D eigenvalue weighted by molar-refractivity contribution is 7.91. The average Bonchev–Trinajstić information content (AvgIpc) is 2.46. The van der Waals surface area contributed by atoms with Gasteiger partial charge in [0.25, 0.3) is 0 Å². The van der Waals surface area contributed by atoms with E-state index in [9.17, 15) is 13.2 Å². The molecule has 6 nitrogen and oxygen atoms in total. The molecular weight excluding hydrogens is 294 g/mol. The molecule has 0 aliphatic carbocycles. The zero-order chi connectivity index (χ0) is 15.9. The van der Waals surface area contributed by atoms with Gasteiger partial charge in [0.15, 0.2) is 9.84 Å². The second-order valence-electron chi connectivity index (χ2n) is 4.30. The van der Waals surface area contributed by atoms with Gasteiger partial charge < -0.3 is 4.74 Å². The van der Waals surface area contributed by atoms with Crippen LogP contribution in [0.5, 0.6) is 5.75 Å². The molecule has 0 bridgehead atoms. The van der Waals surface area contributed by atoms with Crippen LogP contribution in [0.4, 0.5) is 0 Å². The van der Waals surface area contributed by atoms with Crippen molar-refractivity contribution in [1.29, 1.82) is 0 Å². The summed E-state index contributed by atoms with van der Waals surface area (Å²) < 4.78 is 29.5. The second kappa shape index (κ2) is 7.67. The Kier molecular flexibility index (Phi) is 6.21. The summed E-state index contributed by atoms with van der Waals surface area (Å²) in [6, 6.07) is 5.07. The summed E-state index contributed by atoms with van der Waals surface area (Å²) in [5.74, 6) is 5.56. The van der Waals surface area contributed by atoms with Crippen LogP contribution in [0, 0.1) is 11.8 Å². The first kappa shape index (κ1) is 17.0. The van der Waals surface area contributed by atoms with Crippen LogP contribution >= 0.6 is 0 Å². The molecule has 1 aromatic rings. The quantitative estimate of drug-likeness (QED) is 0.353. The van der Waals surface area contributed by atoms with Crippen molar-refractivity contribution in [1.82, 2.24) is 5.06 Å². The normalized spacial score (nSPS) is 12.0. The van der Waals surface area contributed by atoms with Crippen LogP contribution in [0.25, 0.3) is 0 Å². The summed E-state index contributed by atoms with van der Waals surface area (Å²) in [7, 11) is -3.60. The minimum atomic E-state index is -3.60. The largest absolute Gasteiger partial charge is 0.481 e. The van der Waals surface area contributed by atoms with Crippen LogP contribution in [0.15, 0.2) is 29.2 Å². The van der Waals surface area contributed by atoms with Gasteiger partial charge in [0.1, 0.15) is 12.4 Å². The van der Waals surface area contributed by atoms with Crippen LogP contribution in [-0.4, -0.2) is 43.5 Å². The molecule has 7 heteroatoms. The Bertz CT molecular complexity index is 628. The van der Waals surface area contributed by atoms with Gasteiger partial charge in [-0.15, -0.1) is 5.92 Å². The first-order valence-corrected chi connectivity index (χ1v) is 7.83. The Balaban J connectivity index is 2.79. The lowest BCUT2D eigenvalue weighted by Gasteiger charge is -2.17. The van der Waals surface area contributed by atoms with Crippen LogP contribution in [-0.2, 0) is 14.6 Å². The number of hydroxylamine groups is 2. The predicted octanol–water partition coefficient (Wildman–Crippen LogP) is 1.10. The van der Waals surface area contributed by atoms with E-state index >= 15 is 0 Å². The average molecular weight is 311 g/mol. The van der Waals surface area contributed by atoms with Crippen molar-refractivity contribution in [2.24, 2.45) is 0 Å². The summed E-state index contributed by atoms with van der Waals surface area (Å²) in [6.45, 7) is 3.37. The van der Waals surface area contributed by atoms with Gasteiger partial charge in [0, 0.05) is 0 Å². The SMILES string of the molecule is CC#CCOc1ccc(S(=O)(=O)CC(C)N(O)C=O)cc1. The first-order valence-electron chi connectivity index (χ1n) is 6.18. The van der Waals surface area contributed by atoms with Gasteiger partial charge in [-0.1, -0.05) is 5.92 Å². The molecule has 0 saturated heterocycles. The van der Waals surface area contributed by atoms with Gasteiger partial charge in [-0.3, -0.25) is 10.0 Å². The molecule has 1 aromatic carbocycles. The van der Waals surface area contributed by atoms with Gasteiger partial charge in [-0.05, 0) is 38.1 Å². The molecule has 0 aliphatic rings. The summed E-state index contributed by atoms with van der Waals surface area (Å²) >= 11 is 0. The number of amides is 1. The maximum absolute atomic E-state index is 12.1. The molecule has 114 valence electrons. The maximum atomic E-state index is 12.1. The van der Waals surface area contributed by atoms with Gasteiger partial charge in [0.2, 0.25) is 6.41 Å². The fourth-order valence-electron chi connectivity index (χ4n) is 1.53. The zero-order valence-electron chi connectivity index (χ0n) is 11.8. The second-order valence-corrected chi connectivity index (χ2v) is 6.34. The first-order chi connectivity index (χ1) is 9.90. The highest BCUT2D eigenvalue weighted by Gasteiger charge is 2.21. The molecule has 0 saturated carbocycles. The van der Waals surface area contributed by atoms with Crippen molar-refractivity contribution in [3.63, 3.8) is 0 Å². The Morgan fingerprint density at radius 3 is 2.52 bits per heavy atom. The third kappa shape index (κ3) is 5.10. The highest BCUT2D eigenvalue weighted by atomic mass is 32.2. The van der Waals surface area contributed by atoms with E-state index in [0.717, 1.165) is 0 Å². The molecular formula is C14H17NO5S. The number of benzene rings is 1. The third-order valence-corrected chi connectivity index (χ3v) is 4.60. The monoisotopic (exact) mass is 311 g/mol. The number of hydrogen-bond acceptors (Lipinski definition) is 5. The van der Waals surface area contributed by atoms with Crippen molar-refractivity contribution < 1.29 is 23.2 Å². The fraction of sp³-hybridized carbons (Fsp3) is 0.357. The molecule has 0 spiro atoms. The van der Waals surface area contributed by atoms with Crippen molar-refractivity contribution in [2.75, 3.05) is 12.4 Å². The van der Waals surface area contributed by atoms with E-state index in [2.05, 4.69) is 11.8 Å². The van der Waals surface area contributed by atoms with Gasteiger partial charge >= 0.3 is 0 Å². The molecule has 1 amide bonds. The summed E-state index contributed by atoms with van der Waals surface area (Å²) in [4.78, 5) is 10.5. The molecule has 0 aliphatic heterocycles. The van der Waals surface area contributed by atoms with Gasteiger partial charge in [0.05, 0.1) is 16.7 Å². The lowest BCUT2D eigenvalue weighted by molar-refractivity contribution is -0.156. The van der Waals surface area contributed by atoms with Crippen molar-refractivity contribution in [3.05, 3.63) is 24.3 Å². The number of carbonyl (C=O) groups excluding carboxylic acids is 1. The lowest BCUT2D eigenvalue weighted by atomic mass is 10.3. The standard InChI is InChI=1S/C14H17NO5S/c1-3-4-9-20-13-5-7-14(8-6-13)21(18,19)10-12(2)15(17)11-16/h5-8,11-12,17H,9-10H2,1-2H3. The number of sulfone groups is 1. The van der Waals surface area contributed by atoms with Crippen LogP contribution < -0.4 is 4.74 Å². The van der Waals surface area contributed by atoms with E-state index in [1.54, 1.807) is 6.92 Å². The van der Waals surface area contributed by atoms with E-state index in [0.29, 0.717) is 10.8 Å². The number of carbonyl (C=O) groups is 1. The van der Waals surface area contributed by atoms with E-state index in [1.165, 1.54) is 31.2 Å². The Hall–Kier alpha value is -2.04. The molecule has 0 aromatic heterocycles. The molecule has 0 radical (unpaired) electrons. The predicted molar refractivity (Wildman–Crippen MR) is 76.6 cm³/mol.